The van der Waals surface area contributed by atoms with Crippen LogP contribution in [0.3, 0.4) is 0 Å². The predicted molar refractivity (Wildman–Crippen MR) is 88.7 cm³/mol. The SMILES string of the molecule is Cc1sc2ncnc(N(CCC(N)=S)C3CC3)c2c1C. The molecule has 1 fully saturated rings. The van der Waals surface area contributed by atoms with Gasteiger partial charge in [-0.05, 0) is 32.3 Å². The predicted octanol–water partition coefficient (Wildman–Crippen LogP) is 2.95. The number of hydrogen-bond donors (Lipinski definition) is 1. The first-order valence-corrected chi connectivity index (χ1v) is 8.06. The molecule has 6 heteroatoms. The molecule has 1 aliphatic rings. The van der Waals surface area contributed by atoms with Crippen LogP contribution in [0.2, 0.25) is 0 Å². The highest BCUT2D eigenvalue weighted by Gasteiger charge is 2.31. The first-order chi connectivity index (χ1) is 9.58. The zero-order valence-corrected chi connectivity index (χ0v) is 13.4. The van der Waals surface area contributed by atoms with Crippen LogP contribution in [0.5, 0.6) is 0 Å². The minimum atomic E-state index is 0.569. The maximum Gasteiger partial charge on any atom is 0.141 e. The molecule has 0 radical (unpaired) electrons. The second-order valence-corrected chi connectivity index (χ2v) is 7.03. The summed E-state index contributed by atoms with van der Waals surface area (Å²) in [6.45, 7) is 5.14. The highest BCUT2D eigenvalue weighted by molar-refractivity contribution is 7.80. The van der Waals surface area contributed by atoms with E-state index in [1.165, 1.54) is 28.7 Å². The number of fused-ring (bicyclic) bond motifs is 1. The Morgan fingerprint density at radius 2 is 2.20 bits per heavy atom. The average molecular weight is 306 g/mol. The van der Waals surface area contributed by atoms with Crippen LogP contribution < -0.4 is 10.6 Å². The summed E-state index contributed by atoms with van der Waals surface area (Å²) < 4.78 is 0. The maximum atomic E-state index is 5.66. The summed E-state index contributed by atoms with van der Waals surface area (Å²) >= 11 is 6.76. The van der Waals surface area contributed by atoms with Crippen molar-refractivity contribution in [3.8, 4) is 0 Å². The van der Waals surface area contributed by atoms with E-state index in [-0.39, 0.29) is 0 Å². The zero-order chi connectivity index (χ0) is 14.3. The summed E-state index contributed by atoms with van der Waals surface area (Å²) in [5.41, 5.74) is 6.95. The van der Waals surface area contributed by atoms with Crippen LogP contribution >= 0.6 is 23.6 Å². The van der Waals surface area contributed by atoms with Gasteiger partial charge in [-0.1, -0.05) is 12.2 Å². The molecule has 0 unspecified atom stereocenters. The van der Waals surface area contributed by atoms with E-state index >= 15 is 0 Å². The van der Waals surface area contributed by atoms with Crippen LogP contribution in [0.1, 0.15) is 29.7 Å². The smallest absolute Gasteiger partial charge is 0.141 e. The number of thiophene rings is 1. The Kier molecular flexibility index (Phi) is 3.60. The molecule has 1 aliphatic carbocycles. The van der Waals surface area contributed by atoms with E-state index < -0.39 is 0 Å². The number of anilines is 1. The average Bonchev–Trinajstić information content (AvgIpc) is 3.18. The molecular weight excluding hydrogens is 288 g/mol. The lowest BCUT2D eigenvalue weighted by Crippen LogP contribution is -2.30. The zero-order valence-electron chi connectivity index (χ0n) is 11.7. The van der Waals surface area contributed by atoms with Crippen molar-refractivity contribution in [1.82, 2.24) is 9.97 Å². The Labute approximate surface area is 128 Å². The molecule has 2 aromatic heterocycles. The van der Waals surface area contributed by atoms with Crippen LogP contribution in [0, 0.1) is 13.8 Å². The molecule has 1 saturated carbocycles. The van der Waals surface area contributed by atoms with Crippen LogP contribution in [-0.2, 0) is 0 Å². The van der Waals surface area contributed by atoms with Gasteiger partial charge in [0.05, 0.1) is 10.4 Å². The minimum absolute atomic E-state index is 0.569. The molecular formula is C14H18N4S2. The van der Waals surface area contributed by atoms with Gasteiger partial charge in [-0.15, -0.1) is 11.3 Å². The van der Waals surface area contributed by atoms with Gasteiger partial charge in [-0.3, -0.25) is 0 Å². The molecule has 4 nitrogen and oxygen atoms in total. The Morgan fingerprint density at radius 3 is 2.85 bits per heavy atom. The summed E-state index contributed by atoms with van der Waals surface area (Å²) in [5.74, 6) is 1.05. The van der Waals surface area contributed by atoms with Gasteiger partial charge in [0.25, 0.3) is 0 Å². The Hall–Kier alpha value is -1.27. The molecule has 0 bridgehead atoms. The highest BCUT2D eigenvalue weighted by Crippen LogP contribution is 2.38. The lowest BCUT2D eigenvalue weighted by Gasteiger charge is -2.24. The largest absolute Gasteiger partial charge is 0.393 e. The number of rotatable bonds is 5. The molecule has 0 aromatic carbocycles. The van der Waals surface area contributed by atoms with Crippen molar-refractivity contribution in [2.24, 2.45) is 5.73 Å². The van der Waals surface area contributed by atoms with Gasteiger partial charge in [0.1, 0.15) is 17.0 Å². The van der Waals surface area contributed by atoms with Gasteiger partial charge in [-0.2, -0.15) is 0 Å². The number of hydrogen-bond acceptors (Lipinski definition) is 5. The van der Waals surface area contributed by atoms with E-state index in [4.69, 9.17) is 18.0 Å². The van der Waals surface area contributed by atoms with Gasteiger partial charge in [0.2, 0.25) is 0 Å². The standard InChI is InChI=1S/C14H18N4S2/c1-8-9(2)20-14-12(8)13(16-7-17-14)18(10-3-4-10)6-5-11(15)19/h7,10H,3-6H2,1-2H3,(H2,15,19). The van der Waals surface area contributed by atoms with Crippen molar-refractivity contribution in [3.63, 3.8) is 0 Å². The maximum absolute atomic E-state index is 5.66. The molecule has 0 aliphatic heterocycles. The summed E-state index contributed by atoms with van der Waals surface area (Å²) in [6, 6.07) is 0.585. The molecule has 2 heterocycles. The molecule has 2 N–H and O–H groups in total. The molecule has 3 rings (SSSR count). The fourth-order valence-electron chi connectivity index (χ4n) is 2.46. The molecule has 0 spiro atoms. The third-order valence-corrected chi connectivity index (χ3v) is 5.12. The quantitative estimate of drug-likeness (QED) is 0.861. The van der Waals surface area contributed by atoms with E-state index in [0.717, 1.165) is 23.6 Å². The van der Waals surface area contributed by atoms with Crippen LogP contribution in [0.25, 0.3) is 10.2 Å². The number of nitrogens with zero attached hydrogens (tertiary/aromatic N) is 3. The van der Waals surface area contributed by atoms with Gasteiger partial charge in [-0.25, -0.2) is 9.97 Å². The van der Waals surface area contributed by atoms with Crippen LogP contribution in [0.15, 0.2) is 6.33 Å². The van der Waals surface area contributed by atoms with Gasteiger partial charge < -0.3 is 10.6 Å². The van der Waals surface area contributed by atoms with Crippen molar-refractivity contribution in [2.75, 3.05) is 11.4 Å². The van der Waals surface area contributed by atoms with Crippen molar-refractivity contribution in [2.45, 2.75) is 39.2 Å². The summed E-state index contributed by atoms with van der Waals surface area (Å²) in [5, 5.41) is 1.20. The fourth-order valence-corrected chi connectivity index (χ4v) is 3.54. The Morgan fingerprint density at radius 1 is 1.45 bits per heavy atom. The molecule has 0 saturated heterocycles. The minimum Gasteiger partial charge on any atom is -0.393 e. The molecule has 0 atom stereocenters. The number of aryl methyl sites for hydroxylation is 2. The van der Waals surface area contributed by atoms with Crippen molar-refractivity contribution >= 4 is 44.6 Å². The summed E-state index contributed by atoms with van der Waals surface area (Å²) in [6.07, 6.45) is 4.86. The van der Waals surface area contributed by atoms with Gasteiger partial charge >= 0.3 is 0 Å². The van der Waals surface area contributed by atoms with E-state index in [1.807, 2.05) is 0 Å². The summed E-state index contributed by atoms with van der Waals surface area (Å²) in [7, 11) is 0. The Balaban J connectivity index is 2.04. The van der Waals surface area contributed by atoms with Crippen LogP contribution in [0.4, 0.5) is 5.82 Å². The van der Waals surface area contributed by atoms with E-state index in [2.05, 4.69) is 28.7 Å². The normalized spacial score (nSPS) is 14.7. The second-order valence-electron chi connectivity index (χ2n) is 5.30. The topological polar surface area (TPSA) is 55.0 Å². The van der Waals surface area contributed by atoms with Crippen LogP contribution in [-0.4, -0.2) is 27.5 Å². The Bertz CT molecular complexity index is 660. The summed E-state index contributed by atoms with van der Waals surface area (Å²) in [4.78, 5) is 14.3. The highest BCUT2D eigenvalue weighted by atomic mass is 32.1. The van der Waals surface area contributed by atoms with Gasteiger partial charge in [0, 0.05) is 23.9 Å². The third kappa shape index (κ3) is 2.50. The van der Waals surface area contributed by atoms with Crippen molar-refractivity contribution in [3.05, 3.63) is 16.8 Å². The van der Waals surface area contributed by atoms with Crippen molar-refractivity contribution < 1.29 is 0 Å². The van der Waals surface area contributed by atoms with E-state index in [0.29, 0.717) is 11.0 Å². The van der Waals surface area contributed by atoms with Crippen molar-refractivity contribution in [1.29, 1.82) is 0 Å². The van der Waals surface area contributed by atoms with E-state index in [1.54, 1.807) is 17.7 Å². The molecule has 20 heavy (non-hydrogen) atoms. The van der Waals surface area contributed by atoms with E-state index in [9.17, 15) is 0 Å². The molecule has 2 aromatic rings. The second kappa shape index (κ2) is 5.26. The monoisotopic (exact) mass is 306 g/mol. The number of thiocarbonyl (C=S) groups is 1. The third-order valence-electron chi connectivity index (χ3n) is 3.80. The number of nitrogens with two attached hydrogens (primary N) is 1. The fraction of sp³-hybridized carbons (Fsp3) is 0.500. The first-order valence-electron chi connectivity index (χ1n) is 6.83. The molecule has 106 valence electrons. The first kappa shape index (κ1) is 13.7. The molecule has 0 amide bonds. The lowest BCUT2D eigenvalue weighted by atomic mass is 10.2. The lowest BCUT2D eigenvalue weighted by molar-refractivity contribution is 0.788. The van der Waals surface area contributed by atoms with Gasteiger partial charge in [0.15, 0.2) is 0 Å². The number of aromatic nitrogens is 2.